The summed E-state index contributed by atoms with van der Waals surface area (Å²) in [6, 6.07) is 17.8. The summed E-state index contributed by atoms with van der Waals surface area (Å²) in [6.45, 7) is 4.65. The average Bonchev–Trinajstić information content (AvgIpc) is 3.30. The van der Waals surface area contributed by atoms with Crippen molar-refractivity contribution in [3.05, 3.63) is 65.7 Å². The molecule has 2 fully saturated rings. The van der Waals surface area contributed by atoms with Crippen LogP contribution in [0.3, 0.4) is 0 Å². The van der Waals surface area contributed by atoms with E-state index in [0.717, 1.165) is 68.7 Å². The van der Waals surface area contributed by atoms with Crippen LogP contribution in [0.4, 0.5) is 0 Å². The molecule has 176 valence electrons. The largest absolute Gasteiger partial charge is 0.497 e. The van der Waals surface area contributed by atoms with Crippen LogP contribution >= 0.6 is 0 Å². The summed E-state index contributed by atoms with van der Waals surface area (Å²) in [5.41, 5.74) is 2.19. The van der Waals surface area contributed by atoms with Gasteiger partial charge in [-0.05, 0) is 48.9 Å². The third-order valence-electron chi connectivity index (χ3n) is 6.80. The number of hydrogen-bond donors (Lipinski definition) is 0. The third kappa shape index (κ3) is 5.93. The van der Waals surface area contributed by atoms with Gasteiger partial charge in [-0.15, -0.1) is 0 Å². The van der Waals surface area contributed by atoms with Crippen molar-refractivity contribution in [2.24, 2.45) is 0 Å². The molecule has 2 amide bonds. The minimum absolute atomic E-state index is 0.190. The number of rotatable bonds is 7. The van der Waals surface area contributed by atoms with E-state index in [1.807, 2.05) is 52.3 Å². The lowest BCUT2D eigenvalue weighted by Crippen LogP contribution is -2.43. The predicted octanol–water partition coefficient (Wildman–Crippen LogP) is 3.53. The summed E-state index contributed by atoms with van der Waals surface area (Å²) in [5, 5.41) is 0. The monoisotopic (exact) mass is 449 g/mol. The Morgan fingerprint density at radius 2 is 1.52 bits per heavy atom. The van der Waals surface area contributed by atoms with Gasteiger partial charge in [-0.3, -0.25) is 14.5 Å². The van der Waals surface area contributed by atoms with E-state index in [1.54, 1.807) is 7.11 Å². The molecule has 0 N–H and O–H groups in total. The first kappa shape index (κ1) is 23.3. The molecular weight excluding hydrogens is 414 g/mol. The van der Waals surface area contributed by atoms with Gasteiger partial charge in [-0.2, -0.15) is 0 Å². The lowest BCUT2D eigenvalue weighted by molar-refractivity contribution is -0.136. The minimum atomic E-state index is -0.265. The zero-order valence-corrected chi connectivity index (χ0v) is 19.6. The maximum Gasteiger partial charge on any atom is 0.244 e. The molecule has 2 heterocycles. The van der Waals surface area contributed by atoms with Gasteiger partial charge in [0.25, 0.3) is 0 Å². The van der Waals surface area contributed by atoms with Crippen LogP contribution in [0.1, 0.15) is 42.9 Å². The van der Waals surface area contributed by atoms with E-state index in [4.69, 9.17) is 4.74 Å². The van der Waals surface area contributed by atoms with Crippen LogP contribution in [-0.4, -0.2) is 72.9 Å². The highest BCUT2D eigenvalue weighted by Gasteiger charge is 2.33. The number of amides is 2. The third-order valence-corrected chi connectivity index (χ3v) is 6.80. The second-order valence-corrected chi connectivity index (χ2v) is 8.96. The van der Waals surface area contributed by atoms with Crippen LogP contribution in [0.25, 0.3) is 0 Å². The van der Waals surface area contributed by atoms with Gasteiger partial charge in [0.05, 0.1) is 7.11 Å². The van der Waals surface area contributed by atoms with Crippen LogP contribution in [0.5, 0.6) is 5.75 Å². The fraction of sp³-hybridized carbons (Fsp3) is 0.481. The standard InChI is InChI=1S/C27H35N3O3/c1-33-24-13-10-22(11-14-24)12-15-25(31)28-18-7-19-29(21-20-28)26(23-8-3-2-4-9-23)27(32)30-16-5-6-17-30/h2-4,8-11,13-14,26H,5-7,12,15-21H2,1H3. The lowest BCUT2D eigenvalue weighted by atomic mass is 10.0. The van der Waals surface area contributed by atoms with Gasteiger partial charge >= 0.3 is 0 Å². The van der Waals surface area contributed by atoms with Crippen molar-refractivity contribution < 1.29 is 14.3 Å². The first-order valence-electron chi connectivity index (χ1n) is 12.1. The Kier molecular flexibility index (Phi) is 8.00. The van der Waals surface area contributed by atoms with E-state index < -0.39 is 0 Å². The zero-order chi connectivity index (χ0) is 23.0. The SMILES string of the molecule is COc1ccc(CCC(=O)N2CCCN(C(C(=O)N3CCCC3)c3ccccc3)CC2)cc1. The molecule has 2 aromatic carbocycles. The van der Waals surface area contributed by atoms with E-state index in [1.165, 1.54) is 0 Å². The fourth-order valence-corrected chi connectivity index (χ4v) is 4.90. The summed E-state index contributed by atoms with van der Waals surface area (Å²) < 4.78 is 5.21. The highest BCUT2D eigenvalue weighted by atomic mass is 16.5. The molecule has 2 aromatic rings. The second-order valence-electron chi connectivity index (χ2n) is 8.96. The second kappa shape index (κ2) is 11.3. The van der Waals surface area contributed by atoms with Crippen LogP contribution in [-0.2, 0) is 16.0 Å². The molecule has 0 aromatic heterocycles. The van der Waals surface area contributed by atoms with Gasteiger partial charge in [0.15, 0.2) is 0 Å². The van der Waals surface area contributed by atoms with Crippen molar-refractivity contribution in [2.75, 3.05) is 46.4 Å². The summed E-state index contributed by atoms with van der Waals surface area (Å²) >= 11 is 0. The van der Waals surface area contributed by atoms with E-state index in [-0.39, 0.29) is 17.9 Å². The first-order valence-corrected chi connectivity index (χ1v) is 12.1. The Morgan fingerprint density at radius 1 is 0.818 bits per heavy atom. The number of carbonyl (C=O) groups is 2. The molecule has 0 radical (unpaired) electrons. The zero-order valence-electron chi connectivity index (χ0n) is 19.6. The van der Waals surface area contributed by atoms with Gasteiger partial charge in [0.2, 0.25) is 11.8 Å². The Labute approximate surface area is 197 Å². The van der Waals surface area contributed by atoms with Crippen molar-refractivity contribution in [3.63, 3.8) is 0 Å². The topological polar surface area (TPSA) is 53.1 Å². The Balaban J connectivity index is 1.38. The highest BCUT2D eigenvalue weighted by molar-refractivity contribution is 5.83. The maximum absolute atomic E-state index is 13.5. The van der Waals surface area contributed by atoms with Crippen LogP contribution in [0.2, 0.25) is 0 Å². The van der Waals surface area contributed by atoms with E-state index >= 15 is 0 Å². The molecule has 33 heavy (non-hydrogen) atoms. The molecule has 1 unspecified atom stereocenters. The number of ether oxygens (including phenoxy) is 1. The molecule has 1 atom stereocenters. The van der Waals surface area contributed by atoms with E-state index in [2.05, 4.69) is 17.0 Å². The summed E-state index contributed by atoms with van der Waals surface area (Å²) in [5.74, 6) is 1.22. The fourth-order valence-electron chi connectivity index (χ4n) is 4.90. The number of aryl methyl sites for hydroxylation is 1. The maximum atomic E-state index is 13.5. The molecule has 2 saturated heterocycles. The van der Waals surface area contributed by atoms with Crippen LogP contribution < -0.4 is 4.74 Å². The van der Waals surface area contributed by atoms with Gasteiger partial charge in [-0.25, -0.2) is 0 Å². The van der Waals surface area contributed by atoms with Gasteiger partial charge in [0.1, 0.15) is 11.8 Å². The van der Waals surface area contributed by atoms with E-state index in [0.29, 0.717) is 19.5 Å². The number of carbonyl (C=O) groups excluding carboxylic acids is 2. The smallest absolute Gasteiger partial charge is 0.244 e. The number of benzene rings is 2. The quantitative estimate of drug-likeness (QED) is 0.649. The molecule has 0 aliphatic carbocycles. The Bertz CT molecular complexity index is 910. The summed E-state index contributed by atoms with van der Waals surface area (Å²) in [6.07, 6.45) is 4.28. The summed E-state index contributed by atoms with van der Waals surface area (Å²) in [7, 11) is 1.65. The molecule has 2 aliphatic rings. The van der Waals surface area contributed by atoms with Gasteiger partial charge in [-0.1, -0.05) is 42.5 Å². The van der Waals surface area contributed by atoms with Crippen molar-refractivity contribution in [1.29, 1.82) is 0 Å². The summed E-state index contributed by atoms with van der Waals surface area (Å²) in [4.78, 5) is 32.7. The molecule has 0 spiro atoms. The number of hydrogen-bond acceptors (Lipinski definition) is 4. The lowest BCUT2D eigenvalue weighted by Gasteiger charge is -2.33. The molecule has 6 heteroatoms. The predicted molar refractivity (Wildman–Crippen MR) is 129 cm³/mol. The first-order chi connectivity index (χ1) is 16.2. The molecule has 4 rings (SSSR count). The normalized spacial score (nSPS) is 18.1. The molecular formula is C27H35N3O3. The molecule has 0 bridgehead atoms. The van der Waals surface area contributed by atoms with E-state index in [9.17, 15) is 9.59 Å². The number of nitrogens with zero attached hydrogens (tertiary/aromatic N) is 3. The van der Waals surface area contributed by atoms with Gasteiger partial charge in [0, 0.05) is 45.7 Å². The average molecular weight is 450 g/mol. The van der Waals surface area contributed by atoms with Crippen LogP contribution in [0, 0.1) is 0 Å². The van der Waals surface area contributed by atoms with Crippen molar-refractivity contribution >= 4 is 11.8 Å². The van der Waals surface area contributed by atoms with Crippen molar-refractivity contribution in [2.45, 2.75) is 38.1 Å². The van der Waals surface area contributed by atoms with Crippen LogP contribution in [0.15, 0.2) is 54.6 Å². The highest BCUT2D eigenvalue weighted by Crippen LogP contribution is 2.26. The molecule has 2 aliphatic heterocycles. The van der Waals surface area contributed by atoms with Gasteiger partial charge < -0.3 is 14.5 Å². The van der Waals surface area contributed by atoms with Crippen molar-refractivity contribution in [1.82, 2.24) is 14.7 Å². The van der Waals surface area contributed by atoms with Crippen molar-refractivity contribution in [3.8, 4) is 5.75 Å². The molecule has 0 saturated carbocycles. The number of likely N-dealkylation sites (tertiary alicyclic amines) is 1. The minimum Gasteiger partial charge on any atom is -0.497 e. The molecule has 6 nitrogen and oxygen atoms in total. The number of methoxy groups -OCH3 is 1. The Hall–Kier alpha value is -2.86. The Morgan fingerprint density at radius 3 is 2.21 bits per heavy atom.